The number of aromatic nitrogens is 1. The number of nitroso groups, excluding NO2 is 1. The number of thioether (sulfide) groups is 1. The summed E-state index contributed by atoms with van der Waals surface area (Å²) in [5.41, 5.74) is 11.6. The number of nitrogens with two attached hydrogens (primary N) is 2. The van der Waals surface area contributed by atoms with E-state index in [0.717, 1.165) is 33.8 Å². The first-order valence-electron chi connectivity index (χ1n) is 8.18. The second kappa shape index (κ2) is 8.55. The minimum absolute atomic E-state index is 0.0671. The number of carboxylic acids is 1. The van der Waals surface area contributed by atoms with Gasteiger partial charge in [-0.1, -0.05) is 6.07 Å². The van der Waals surface area contributed by atoms with E-state index < -0.39 is 5.97 Å². The zero-order valence-corrected chi connectivity index (χ0v) is 15.5. The lowest BCUT2D eigenvalue weighted by Gasteiger charge is -2.10. The van der Waals surface area contributed by atoms with Gasteiger partial charge in [-0.05, 0) is 52.7 Å². The van der Waals surface area contributed by atoms with Crippen LogP contribution in [0.2, 0.25) is 0 Å². The Morgan fingerprint density at radius 2 is 2.00 bits per heavy atom. The Kier molecular flexibility index (Phi) is 5.92. The van der Waals surface area contributed by atoms with Gasteiger partial charge in [0.1, 0.15) is 17.3 Å². The number of nitrogens with one attached hydrogen (secondary N) is 2. The molecule has 2 aromatic carbocycles. The maximum absolute atomic E-state index is 11.2. The average Bonchev–Trinajstić information content (AvgIpc) is 3.06. The van der Waals surface area contributed by atoms with Crippen LogP contribution in [0.3, 0.4) is 0 Å². The highest BCUT2D eigenvalue weighted by molar-refractivity contribution is 7.99. The third-order valence-corrected chi connectivity index (χ3v) is 4.71. The van der Waals surface area contributed by atoms with Crippen LogP contribution in [-0.2, 0) is 4.79 Å². The molecular weight excluding hydrogens is 380 g/mol. The van der Waals surface area contributed by atoms with Crippen LogP contribution in [0, 0.1) is 4.91 Å². The Balaban J connectivity index is 1.96. The number of hydrogen-bond donors (Lipinski definition) is 5. The average molecular weight is 398 g/mol. The number of carbonyl (C=O) groups is 1. The molecule has 1 aromatic heterocycles. The number of nitrogens with zero attached hydrogens (tertiary/aromatic N) is 2. The maximum Gasteiger partial charge on any atom is 0.313 e. The summed E-state index contributed by atoms with van der Waals surface area (Å²) in [4.78, 5) is 29.1. The second-order valence-electron chi connectivity index (χ2n) is 5.91. The number of aliphatic carboxylic acids is 1. The number of aromatic amines is 1. The molecule has 144 valence electrons. The molecule has 0 aliphatic heterocycles. The van der Waals surface area contributed by atoms with Crippen molar-refractivity contribution in [2.45, 2.75) is 0 Å². The molecule has 1 heterocycles. The number of H-pyrrole nitrogens is 1. The van der Waals surface area contributed by atoms with Crippen LogP contribution in [0.1, 0.15) is 5.56 Å². The van der Waals surface area contributed by atoms with E-state index >= 15 is 0 Å². The number of anilines is 1. The number of hydrazine groups is 1. The molecule has 0 unspecified atom stereocenters. The number of fused-ring (bicyclic) bond motifs is 1. The highest BCUT2D eigenvalue weighted by atomic mass is 32.2. The molecule has 10 heteroatoms. The molecule has 0 radical (unpaired) electrons. The fourth-order valence-corrected chi connectivity index (χ4v) is 3.25. The van der Waals surface area contributed by atoms with Crippen LogP contribution in [0.4, 0.5) is 11.5 Å². The summed E-state index contributed by atoms with van der Waals surface area (Å²) in [5.74, 6) is 5.68. The lowest BCUT2D eigenvalue weighted by Crippen LogP contribution is -2.31. The van der Waals surface area contributed by atoms with Gasteiger partial charge in [-0.25, -0.2) is 5.84 Å². The van der Waals surface area contributed by atoms with Crippen LogP contribution >= 0.6 is 11.8 Å². The third kappa shape index (κ3) is 4.48. The Bertz CT molecular complexity index is 1060. The zero-order chi connectivity index (χ0) is 20.1. The lowest BCUT2D eigenvalue weighted by molar-refractivity contribution is -0.133. The molecule has 28 heavy (non-hydrogen) atoms. The number of amidine groups is 1. The van der Waals surface area contributed by atoms with Gasteiger partial charge < -0.3 is 21.2 Å². The molecular formula is C18H18N6O3S. The van der Waals surface area contributed by atoms with Crippen molar-refractivity contribution in [3.8, 4) is 11.1 Å². The Labute approximate surface area is 164 Å². The van der Waals surface area contributed by atoms with Crippen molar-refractivity contribution in [3.05, 3.63) is 52.9 Å². The number of benzene rings is 2. The summed E-state index contributed by atoms with van der Waals surface area (Å²) in [6.45, 7) is 0. The van der Waals surface area contributed by atoms with E-state index in [4.69, 9.17) is 16.7 Å². The summed E-state index contributed by atoms with van der Waals surface area (Å²) in [6.07, 6.45) is 0. The zero-order valence-electron chi connectivity index (χ0n) is 14.7. The van der Waals surface area contributed by atoms with E-state index in [2.05, 4.69) is 20.6 Å². The van der Waals surface area contributed by atoms with Crippen molar-refractivity contribution in [2.75, 3.05) is 17.4 Å². The first kappa shape index (κ1) is 19.4. The minimum Gasteiger partial charge on any atom is -0.481 e. The van der Waals surface area contributed by atoms with Gasteiger partial charge >= 0.3 is 5.97 Å². The normalized spacial score (nSPS) is 11.5. The maximum atomic E-state index is 11.2. The number of carboxylic acid groups (broad SMARTS) is 1. The van der Waals surface area contributed by atoms with Crippen LogP contribution in [0.15, 0.2) is 52.6 Å². The summed E-state index contributed by atoms with van der Waals surface area (Å²) in [5, 5.41) is 12.7. The van der Waals surface area contributed by atoms with E-state index in [1.165, 1.54) is 0 Å². The van der Waals surface area contributed by atoms with Crippen LogP contribution in [-0.4, -0.2) is 33.5 Å². The van der Waals surface area contributed by atoms with Crippen molar-refractivity contribution in [2.24, 2.45) is 16.0 Å². The van der Waals surface area contributed by atoms with Gasteiger partial charge in [0.15, 0.2) is 0 Å². The summed E-state index contributed by atoms with van der Waals surface area (Å²) in [6, 6.07) is 12.6. The topological polar surface area (TPSA) is 159 Å². The Hall–Kier alpha value is -3.37. The molecule has 7 N–H and O–H groups in total. The van der Waals surface area contributed by atoms with Gasteiger partial charge in [0.25, 0.3) is 0 Å². The predicted octanol–water partition coefficient (Wildman–Crippen LogP) is 2.80. The molecule has 0 aliphatic rings. The van der Waals surface area contributed by atoms with Crippen molar-refractivity contribution in [1.29, 1.82) is 0 Å². The first-order chi connectivity index (χ1) is 13.5. The summed E-state index contributed by atoms with van der Waals surface area (Å²) < 4.78 is 0. The van der Waals surface area contributed by atoms with E-state index in [-0.39, 0.29) is 17.3 Å². The smallest absolute Gasteiger partial charge is 0.313 e. The third-order valence-electron chi connectivity index (χ3n) is 3.95. The van der Waals surface area contributed by atoms with Gasteiger partial charge in [0.2, 0.25) is 0 Å². The summed E-state index contributed by atoms with van der Waals surface area (Å²) in [7, 11) is 0. The van der Waals surface area contributed by atoms with Gasteiger partial charge in [0, 0.05) is 16.5 Å². The largest absolute Gasteiger partial charge is 0.481 e. The minimum atomic E-state index is -0.919. The molecule has 3 aromatic rings. The molecule has 0 fully saturated rings. The van der Waals surface area contributed by atoms with Crippen molar-refractivity contribution >= 4 is 46.0 Å². The van der Waals surface area contributed by atoms with Crippen LogP contribution in [0.5, 0.6) is 0 Å². The molecule has 0 atom stereocenters. The monoisotopic (exact) mass is 398 g/mol. The second-order valence-corrected chi connectivity index (χ2v) is 6.86. The number of rotatable bonds is 7. The fraction of sp³-hybridized carbons (Fsp3) is 0.111. The van der Waals surface area contributed by atoms with Crippen molar-refractivity contribution < 1.29 is 9.90 Å². The van der Waals surface area contributed by atoms with E-state index in [1.807, 2.05) is 30.3 Å². The molecule has 0 aliphatic carbocycles. The number of nitrogen functional groups attached to an aromatic ring is 1. The van der Waals surface area contributed by atoms with Crippen molar-refractivity contribution in [1.82, 2.24) is 10.4 Å². The Morgan fingerprint density at radius 1 is 1.18 bits per heavy atom. The fourth-order valence-electron chi connectivity index (χ4n) is 2.77. The van der Waals surface area contributed by atoms with Crippen LogP contribution in [0.25, 0.3) is 22.0 Å². The van der Waals surface area contributed by atoms with E-state index in [0.29, 0.717) is 17.2 Å². The highest BCUT2D eigenvalue weighted by Gasteiger charge is 2.10. The molecule has 3 rings (SSSR count). The van der Waals surface area contributed by atoms with Crippen molar-refractivity contribution in [3.63, 3.8) is 0 Å². The number of aliphatic imine (C=N–C) groups is 1. The van der Waals surface area contributed by atoms with Gasteiger partial charge in [-0.2, -0.15) is 0 Å². The molecule has 0 saturated carbocycles. The van der Waals surface area contributed by atoms with Gasteiger partial charge in [-0.15, -0.1) is 16.7 Å². The predicted molar refractivity (Wildman–Crippen MR) is 112 cm³/mol. The molecule has 0 amide bonds. The molecule has 0 spiro atoms. The molecule has 0 bridgehead atoms. The standard InChI is InChI=1S/C18H18N6O3S/c19-16-7-12-3-10(1-2-15(12)22-16)11-4-13(6-14(5-11)24-27)18(23-20)21-9-28-8-17(25)26/h1-7,22H,8-9,19-20H2,(H,21,23)(H,25,26). The molecule has 9 nitrogen and oxygen atoms in total. The lowest BCUT2D eigenvalue weighted by atomic mass is 10.0. The molecule has 0 saturated heterocycles. The van der Waals surface area contributed by atoms with Gasteiger partial charge in [0.05, 0.1) is 11.6 Å². The Morgan fingerprint density at radius 3 is 2.71 bits per heavy atom. The van der Waals surface area contributed by atoms with Gasteiger partial charge in [-0.3, -0.25) is 9.79 Å². The van der Waals surface area contributed by atoms with E-state index in [1.54, 1.807) is 12.1 Å². The summed E-state index contributed by atoms with van der Waals surface area (Å²) >= 11 is 1.13. The van der Waals surface area contributed by atoms with E-state index in [9.17, 15) is 9.70 Å². The number of hydrogen-bond acceptors (Lipinski definition) is 7. The highest BCUT2D eigenvalue weighted by Crippen LogP contribution is 2.29. The quantitative estimate of drug-likeness (QED) is 0.102. The SMILES string of the molecule is NNC(=NCSCC(=O)O)c1cc(N=O)cc(-c2ccc3[nH]c(N)cc3c2)c1. The van der Waals surface area contributed by atoms with Crippen LogP contribution < -0.4 is 17.0 Å². The first-order valence-corrected chi connectivity index (χ1v) is 9.33.